The average molecular weight is 125 g/mol. The number of hydrogen-bond donors (Lipinski definition) is 1. The fraction of sp³-hybridized carbons (Fsp3) is 1.00. The van der Waals surface area contributed by atoms with E-state index in [2.05, 4.69) is 0 Å². The molecule has 2 N–H and O–H groups in total. The first-order valence-corrected chi connectivity index (χ1v) is 4.10. The predicted molar refractivity (Wildman–Crippen MR) is 38.0 cm³/mol. The number of nitrogens with two attached hydrogens (primary N) is 1. The molecule has 2 fully saturated rings. The Bertz CT molecular complexity index is 111. The summed E-state index contributed by atoms with van der Waals surface area (Å²) in [6.45, 7) is 0.946. The predicted octanol–water partition coefficient (Wildman–Crippen LogP) is 1.38. The summed E-state index contributed by atoms with van der Waals surface area (Å²) in [5.41, 5.74) is 5.62. The summed E-state index contributed by atoms with van der Waals surface area (Å²) in [7, 11) is 0. The molecule has 2 rings (SSSR count). The van der Waals surface area contributed by atoms with Gasteiger partial charge >= 0.3 is 0 Å². The molecule has 0 amide bonds. The Morgan fingerprint density at radius 2 is 2.11 bits per heavy atom. The molecule has 0 spiro atoms. The molecule has 1 nitrogen and oxygen atoms in total. The van der Waals surface area contributed by atoms with E-state index in [0.29, 0.717) is 0 Å². The van der Waals surface area contributed by atoms with Crippen LogP contribution in [0.5, 0.6) is 0 Å². The van der Waals surface area contributed by atoms with Crippen LogP contribution in [0.15, 0.2) is 0 Å². The van der Waals surface area contributed by atoms with Gasteiger partial charge in [0.1, 0.15) is 0 Å². The molecule has 3 atom stereocenters. The van der Waals surface area contributed by atoms with Gasteiger partial charge in [-0.25, -0.2) is 0 Å². The molecule has 9 heavy (non-hydrogen) atoms. The monoisotopic (exact) mass is 125 g/mol. The van der Waals surface area contributed by atoms with Crippen molar-refractivity contribution in [3.63, 3.8) is 0 Å². The lowest BCUT2D eigenvalue weighted by Gasteiger charge is -2.18. The smallest absolute Gasteiger partial charge is 0.00461 e. The van der Waals surface area contributed by atoms with Gasteiger partial charge in [-0.1, -0.05) is 6.42 Å². The highest BCUT2D eigenvalue weighted by molar-refractivity contribution is 4.89. The highest BCUT2D eigenvalue weighted by Gasteiger charge is 2.38. The molecule has 2 bridgehead atoms. The summed E-state index contributed by atoms with van der Waals surface area (Å²) in [6.07, 6.45) is 5.93. The zero-order valence-corrected chi connectivity index (χ0v) is 5.84. The first kappa shape index (κ1) is 5.72. The van der Waals surface area contributed by atoms with Crippen molar-refractivity contribution in [3.8, 4) is 0 Å². The zero-order valence-electron chi connectivity index (χ0n) is 5.84. The first-order chi connectivity index (χ1) is 4.40. The molecule has 52 valence electrons. The van der Waals surface area contributed by atoms with Crippen molar-refractivity contribution in [2.75, 3.05) is 6.54 Å². The lowest BCUT2D eigenvalue weighted by molar-refractivity contribution is 0.341. The second-order valence-corrected chi connectivity index (χ2v) is 3.67. The van der Waals surface area contributed by atoms with Crippen molar-refractivity contribution in [1.82, 2.24) is 0 Å². The summed E-state index contributed by atoms with van der Waals surface area (Å²) in [6, 6.07) is 0. The van der Waals surface area contributed by atoms with Gasteiger partial charge in [0, 0.05) is 0 Å². The first-order valence-electron chi connectivity index (χ1n) is 4.10. The molecule has 0 unspecified atom stereocenters. The maximum atomic E-state index is 5.62. The van der Waals surface area contributed by atoms with Crippen molar-refractivity contribution >= 4 is 0 Å². The van der Waals surface area contributed by atoms with Crippen LogP contribution in [0.2, 0.25) is 0 Å². The SMILES string of the molecule is NC[C@@H]1C[C@@H]2CC[C@H]1C2. The fourth-order valence-corrected chi connectivity index (χ4v) is 2.67. The van der Waals surface area contributed by atoms with Crippen molar-refractivity contribution in [2.24, 2.45) is 23.5 Å². The van der Waals surface area contributed by atoms with Crippen LogP contribution in [0.3, 0.4) is 0 Å². The Morgan fingerprint density at radius 3 is 2.44 bits per heavy atom. The Kier molecular flexibility index (Phi) is 1.26. The topological polar surface area (TPSA) is 26.0 Å². The molecule has 0 aromatic carbocycles. The van der Waals surface area contributed by atoms with Gasteiger partial charge in [0.25, 0.3) is 0 Å². The molecule has 2 aliphatic rings. The van der Waals surface area contributed by atoms with Gasteiger partial charge in [0.05, 0.1) is 0 Å². The van der Waals surface area contributed by atoms with Crippen LogP contribution in [0, 0.1) is 17.8 Å². The maximum absolute atomic E-state index is 5.62. The Balaban J connectivity index is 2.01. The van der Waals surface area contributed by atoms with Crippen LogP contribution in [0.4, 0.5) is 0 Å². The highest BCUT2D eigenvalue weighted by Crippen LogP contribution is 2.47. The van der Waals surface area contributed by atoms with Crippen LogP contribution < -0.4 is 5.73 Å². The average Bonchev–Trinajstić information content (AvgIpc) is 2.45. The number of rotatable bonds is 1. The van der Waals surface area contributed by atoms with Crippen LogP contribution >= 0.6 is 0 Å². The summed E-state index contributed by atoms with van der Waals surface area (Å²) in [5.74, 6) is 3.01. The molecule has 0 heterocycles. The van der Waals surface area contributed by atoms with Gasteiger partial charge < -0.3 is 5.73 Å². The lowest BCUT2D eigenvalue weighted by Crippen LogP contribution is -2.19. The molecule has 0 aromatic rings. The second-order valence-electron chi connectivity index (χ2n) is 3.67. The van der Waals surface area contributed by atoms with E-state index in [9.17, 15) is 0 Å². The van der Waals surface area contributed by atoms with Crippen molar-refractivity contribution in [1.29, 1.82) is 0 Å². The molecule has 1 heteroatoms. The third-order valence-corrected chi connectivity index (χ3v) is 3.19. The lowest BCUT2D eigenvalue weighted by atomic mass is 9.89. The highest BCUT2D eigenvalue weighted by atomic mass is 14.6. The normalized spacial score (nSPS) is 48.3. The Morgan fingerprint density at radius 1 is 1.22 bits per heavy atom. The van der Waals surface area contributed by atoms with Gasteiger partial charge in [0.15, 0.2) is 0 Å². The van der Waals surface area contributed by atoms with E-state index in [0.717, 1.165) is 24.3 Å². The summed E-state index contributed by atoms with van der Waals surface area (Å²) >= 11 is 0. The summed E-state index contributed by atoms with van der Waals surface area (Å²) < 4.78 is 0. The Labute approximate surface area is 56.6 Å². The fourth-order valence-electron chi connectivity index (χ4n) is 2.67. The third-order valence-electron chi connectivity index (χ3n) is 3.19. The quantitative estimate of drug-likeness (QED) is 0.563. The molecule has 0 aromatic heterocycles. The minimum atomic E-state index is 0.906. The number of hydrogen-bond acceptors (Lipinski definition) is 1. The van der Waals surface area contributed by atoms with E-state index in [1.165, 1.54) is 25.7 Å². The second kappa shape index (κ2) is 1.98. The molecule has 2 aliphatic carbocycles. The largest absolute Gasteiger partial charge is 0.330 e. The van der Waals surface area contributed by atoms with E-state index < -0.39 is 0 Å². The molecule has 0 aliphatic heterocycles. The summed E-state index contributed by atoms with van der Waals surface area (Å²) in [5, 5.41) is 0. The van der Waals surface area contributed by atoms with Gasteiger partial charge in [-0.15, -0.1) is 0 Å². The molecule has 2 saturated carbocycles. The Hall–Kier alpha value is -0.0400. The van der Waals surface area contributed by atoms with E-state index in [4.69, 9.17) is 5.73 Å². The van der Waals surface area contributed by atoms with Gasteiger partial charge in [-0.05, 0) is 43.6 Å². The van der Waals surface area contributed by atoms with E-state index in [1.54, 1.807) is 0 Å². The molecular formula is C8H15N. The van der Waals surface area contributed by atoms with Crippen LogP contribution in [0.25, 0.3) is 0 Å². The molecule has 0 saturated heterocycles. The van der Waals surface area contributed by atoms with Crippen LogP contribution in [-0.2, 0) is 0 Å². The van der Waals surface area contributed by atoms with Crippen molar-refractivity contribution in [2.45, 2.75) is 25.7 Å². The minimum Gasteiger partial charge on any atom is -0.330 e. The van der Waals surface area contributed by atoms with Crippen LogP contribution in [0.1, 0.15) is 25.7 Å². The number of fused-ring (bicyclic) bond motifs is 2. The zero-order chi connectivity index (χ0) is 6.27. The third kappa shape index (κ3) is 0.787. The molecular weight excluding hydrogens is 110 g/mol. The van der Waals surface area contributed by atoms with Gasteiger partial charge in [-0.3, -0.25) is 0 Å². The van der Waals surface area contributed by atoms with E-state index >= 15 is 0 Å². The van der Waals surface area contributed by atoms with E-state index in [1.807, 2.05) is 0 Å². The van der Waals surface area contributed by atoms with Crippen molar-refractivity contribution in [3.05, 3.63) is 0 Å². The summed E-state index contributed by atoms with van der Waals surface area (Å²) in [4.78, 5) is 0. The standard InChI is InChI=1S/C8H15N/c9-5-8-4-6-1-2-7(8)3-6/h6-8H,1-5,9H2/t6-,7+,8+/m1/s1. The van der Waals surface area contributed by atoms with Crippen molar-refractivity contribution < 1.29 is 0 Å². The van der Waals surface area contributed by atoms with Crippen LogP contribution in [-0.4, -0.2) is 6.54 Å². The van der Waals surface area contributed by atoms with Gasteiger partial charge in [0.2, 0.25) is 0 Å². The molecule has 0 radical (unpaired) electrons. The maximum Gasteiger partial charge on any atom is -0.00461 e. The van der Waals surface area contributed by atoms with Gasteiger partial charge in [-0.2, -0.15) is 0 Å². The minimum absolute atomic E-state index is 0.906. The van der Waals surface area contributed by atoms with E-state index in [-0.39, 0.29) is 0 Å².